The number of halogens is 1. The molecule has 7 heteroatoms. The Bertz CT molecular complexity index is 1340. The number of aromatic nitrogens is 3. The van der Waals surface area contributed by atoms with Crippen molar-refractivity contribution < 1.29 is 0 Å². The summed E-state index contributed by atoms with van der Waals surface area (Å²) >= 11 is 6.10. The largest absolute Gasteiger partial charge is 0.351 e. The van der Waals surface area contributed by atoms with Crippen LogP contribution in [-0.2, 0) is 7.05 Å². The minimum atomic E-state index is -0.213. The number of nitrogens with zero attached hydrogens (tertiary/aromatic N) is 5. The molecule has 2 heterocycles. The molecule has 0 radical (unpaired) electrons. The first-order valence-electron chi connectivity index (χ1n) is 10.4. The Morgan fingerprint density at radius 1 is 0.938 bits per heavy atom. The quantitative estimate of drug-likeness (QED) is 0.465. The summed E-state index contributed by atoms with van der Waals surface area (Å²) in [6, 6.07) is 25.7. The Labute approximate surface area is 191 Å². The van der Waals surface area contributed by atoms with E-state index < -0.39 is 0 Å². The van der Waals surface area contributed by atoms with Gasteiger partial charge in [0.2, 0.25) is 5.95 Å². The average Bonchev–Trinajstić information content (AvgIpc) is 3.38. The second-order valence-corrected chi connectivity index (χ2v) is 8.36. The second kappa shape index (κ2) is 8.13. The van der Waals surface area contributed by atoms with Crippen LogP contribution in [0.5, 0.6) is 0 Å². The van der Waals surface area contributed by atoms with Gasteiger partial charge in [-0.15, -0.1) is 5.10 Å². The number of hydrogen-bond acceptors (Lipinski definition) is 4. The maximum absolute atomic E-state index is 12.9. The normalized spacial score (nSPS) is 15.8. The van der Waals surface area contributed by atoms with Crippen molar-refractivity contribution in [3.63, 3.8) is 0 Å². The Morgan fingerprint density at radius 2 is 1.62 bits per heavy atom. The van der Waals surface area contributed by atoms with E-state index in [1.807, 2.05) is 78.7 Å². The summed E-state index contributed by atoms with van der Waals surface area (Å²) in [6.45, 7) is 2.59. The Morgan fingerprint density at radius 3 is 2.31 bits per heavy atom. The van der Waals surface area contributed by atoms with E-state index in [0.717, 1.165) is 28.1 Å². The molecule has 0 unspecified atom stereocenters. The summed E-state index contributed by atoms with van der Waals surface area (Å²) in [5.74, 6) is 0.539. The molecular formula is C25H22ClN5O. The van der Waals surface area contributed by atoms with Crippen LogP contribution in [0.2, 0.25) is 5.02 Å². The topological polar surface area (TPSA) is 55.4 Å². The van der Waals surface area contributed by atoms with E-state index in [1.54, 1.807) is 7.05 Å². The van der Waals surface area contributed by atoms with Crippen molar-refractivity contribution in [3.8, 4) is 5.69 Å². The molecule has 1 atom stereocenters. The van der Waals surface area contributed by atoms with Crippen LogP contribution in [0.4, 0.5) is 5.95 Å². The van der Waals surface area contributed by atoms with Gasteiger partial charge in [-0.3, -0.25) is 4.57 Å². The van der Waals surface area contributed by atoms with E-state index in [1.165, 1.54) is 9.25 Å². The minimum absolute atomic E-state index is 0.0389. The van der Waals surface area contributed by atoms with Crippen molar-refractivity contribution in [3.05, 3.63) is 111 Å². The maximum atomic E-state index is 12.9. The first-order valence-corrected chi connectivity index (χ1v) is 10.8. The highest BCUT2D eigenvalue weighted by atomic mass is 35.5. The van der Waals surface area contributed by atoms with Crippen LogP contribution in [0.1, 0.15) is 22.6 Å². The molecule has 0 bridgehead atoms. The third-order valence-corrected chi connectivity index (χ3v) is 5.97. The van der Waals surface area contributed by atoms with Crippen LogP contribution in [0.25, 0.3) is 5.69 Å². The van der Waals surface area contributed by atoms with Gasteiger partial charge in [0.1, 0.15) is 0 Å². The number of hydrazone groups is 1. The van der Waals surface area contributed by atoms with Crippen molar-refractivity contribution >= 4 is 23.3 Å². The predicted molar refractivity (Wildman–Crippen MR) is 128 cm³/mol. The van der Waals surface area contributed by atoms with E-state index in [4.69, 9.17) is 16.7 Å². The fourth-order valence-electron chi connectivity index (χ4n) is 3.96. The van der Waals surface area contributed by atoms with Crippen LogP contribution in [0, 0.1) is 6.92 Å². The molecule has 6 nitrogen and oxygen atoms in total. The summed E-state index contributed by atoms with van der Waals surface area (Å²) in [4.78, 5) is 12.9. The van der Waals surface area contributed by atoms with Crippen molar-refractivity contribution in [1.29, 1.82) is 0 Å². The molecule has 0 saturated heterocycles. The zero-order chi connectivity index (χ0) is 22.2. The summed E-state index contributed by atoms with van der Waals surface area (Å²) in [5.41, 5.74) is 4.71. The van der Waals surface area contributed by atoms with Crippen molar-refractivity contribution in [2.24, 2.45) is 12.1 Å². The van der Waals surface area contributed by atoms with Crippen molar-refractivity contribution in [1.82, 2.24) is 14.3 Å². The second-order valence-electron chi connectivity index (χ2n) is 7.93. The summed E-state index contributed by atoms with van der Waals surface area (Å²) in [5, 5.41) is 12.0. The SMILES string of the molecule is Cc1ccc(-n2nc(N3C[C@H](c4ccccc4)C(c4ccc(Cl)cc4)=N3)n(C)c2=O)cc1. The van der Waals surface area contributed by atoms with Crippen LogP contribution in [0.3, 0.4) is 0 Å². The maximum Gasteiger partial charge on any atom is 0.351 e. The third-order valence-electron chi connectivity index (χ3n) is 5.72. The molecule has 0 saturated carbocycles. The van der Waals surface area contributed by atoms with E-state index in [2.05, 4.69) is 17.2 Å². The summed E-state index contributed by atoms with van der Waals surface area (Å²) in [6.07, 6.45) is 0. The molecule has 0 spiro atoms. The van der Waals surface area contributed by atoms with Crippen LogP contribution in [-0.4, -0.2) is 26.6 Å². The monoisotopic (exact) mass is 443 g/mol. The molecule has 1 aliphatic rings. The molecule has 1 aromatic heterocycles. The van der Waals surface area contributed by atoms with Crippen molar-refractivity contribution in [2.45, 2.75) is 12.8 Å². The first kappa shape index (κ1) is 20.3. The summed E-state index contributed by atoms with van der Waals surface area (Å²) < 4.78 is 2.96. The molecule has 160 valence electrons. The number of benzene rings is 3. The van der Waals surface area contributed by atoms with Gasteiger partial charge in [-0.25, -0.2) is 9.80 Å². The van der Waals surface area contributed by atoms with Crippen LogP contribution in [0.15, 0.2) is 88.8 Å². The zero-order valence-corrected chi connectivity index (χ0v) is 18.6. The van der Waals surface area contributed by atoms with Gasteiger partial charge >= 0.3 is 5.69 Å². The fourth-order valence-corrected chi connectivity index (χ4v) is 4.09. The lowest BCUT2D eigenvalue weighted by atomic mass is 9.91. The molecule has 3 aromatic carbocycles. The number of rotatable bonds is 4. The first-order chi connectivity index (χ1) is 15.5. The van der Waals surface area contributed by atoms with Gasteiger partial charge in [-0.05, 0) is 42.3 Å². The highest BCUT2D eigenvalue weighted by Crippen LogP contribution is 2.31. The summed E-state index contributed by atoms with van der Waals surface area (Å²) in [7, 11) is 1.72. The Kier molecular flexibility index (Phi) is 5.15. The lowest BCUT2D eigenvalue weighted by Crippen LogP contribution is -2.24. The highest BCUT2D eigenvalue weighted by molar-refractivity contribution is 6.30. The van der Waals surface area contributed by atoms with Gasteiger partial charge in [0.25, 0.3) is 0 Å². The van der Waals surface area contributed by atoms with Gasteiger partial charge in [0.15, 0.2) is 0 Å². The molecule has 0 aliphatic carbocycles. The van der Waals surface area contributed by atoms with Gasteiger partial charge in [-0.1, -0.05) is 71.8 Å². The molecule has 0 amide bonds. The van der Waals surface area contributed by atoms with Crippen LogP contribution >= 0.6 is 11.6 Å². The lowest BCUT2D eigenvalue weighted by Gasteiger charge is -2.15. The lowest BCUT2D eigenvalue weighted by molar-refractivity contribution is 0.765. The van der Waals surface area contributed by atoms with Crippen LogP contribution < -0.4 is 10.7 Å². The number of anilines is 1. The molecule has 5 rings (SSSR count). The Hall–Kier alpha value is -3.64. The number of aryl methyl sites for hydroxylation is 1. The molecule has 4 aromatic rings. The van der Waals surface area contributed by atoms with E-state index in [0.29, 0.717) is 17.5 Å². The van der Waals surface area contributed by atoms with Gasteiger partial charge in [0, 0.05) is 18.0 Å². The van der Waals surface area contributed by atoms with E-state index in [-0.39, 0.29) is 11.6 Å². The molecule has 0 fully saturated rings. The van der Waals surface area contributed by atoms with Gasteiger partial charge < -0.3 is 0 Å². The molecular weight excluding hydrogens is 422 g/mol. The Balaban J connectivity index is 1.58. The molecule has 1 aliphatic heterocycles. The predicted octanol–water partition coefficient (Wildman–Crippen LogP) is 4.54. The smallest absolute Gasteiger partial charge is 0.263 e. The third kappa shape index (κ3) is 3.63. The van der Waals surface area contributed by atoms with Gasteiger partial charge in [-0.2, -0.15) is 9.78 Å². The average molecular weight is 444 g/mol. The van der Waals surface area contributed by atoms with E-state index in [9.17, 15) is 4.79 Å². The fraction of sp³-hybridized carbons (Fsp3) is 0.160. The number of hydrogen-bond donors (Lipinski definition) is 0. The molecule has 32 heavy (non-hydrogen) atoms. The highest BCUT2D eigenvalue weighted by Gasteiger charge is 2.32. The van der Waals surface area contributed by atoms with Gasteiger partial charge in [0.05, 0.1) is 17.9 Å². The standard InChI is InChI=1S/C25H22ClN5O/c1-17-8-14-21(15-9-17)31-25(32)29(2)24(28-31)30-16-22(18-6-4-3-5-7-18)23(27-30)19-10-12-20(26)13-11-19/h3-15,22H,16H2,1-2H3/t22-/m1/s1. The zero-order valence-electron chi connectivity index (χ0n) is 17.8. The van der Waals surface area contributed by atoms with Crippen molar-refractivity contribution in [2.75, 3.05) is 11.6 Å². The minimum Gasteiger partial charge on any atom is -0.263 e. The molecule has 0 N–H and O–H groups in total. The van der Waals surface area contributed by atoms with E-state index >= 15 is 0 Å².